The number of amides is 1. The maximum Gasteiger partial charge on any atom is 0.247 e. The second-order valence-corrected chi connectivity index (χ2v) is 8.65. The van der Waals surface area contributed by atoms with Gasteiger partial charge in [0.25, 0.3) is 0 Å². The lowest BCUT2D eigenvalue weighted by atomic mass is 10.1. The summed E-state index contributed by atoms with van der Waals surface area (Å²) in [5.41, 5.74) is 2.26. The lowest BCUT2D eigenvalue weighted by Crippen LogP contribution is -2.47. The van der Waals surface area contributed by atoms with E-state index in [2.05, 4.69) is 37.2 Å². The maximum absolute atomic E-state index is 15.0. The quantitative estimate of drug-likeness (QED) is 0.299. The molecule has 196 valence electrons. The summed E-state index contributed by atoms with van der Waals surface area (Å²) in [7, 11) is 0. The normalized spacial score (nSPS) is 14.0. The molecule has 0 spiro atoms. The highest BCUT2D eigenvalue weighted by Crippen LogP contribution is 2.31. The fraction of sp³-hybridized carbons (Fsp3) is 0.231. The van der Waals surface area contributed by atoms with Crippen LogP contribution in [0.2, 0.25) is 0 Å². The Labute approximate surface area is 216 Å². The van der Waals surface area contributed by atoms with Crippen LogP contribution in [0, 0.1) is 11.6 Å². The van der Waals surface area contributed by atoms with Crippen LogP contribution in [0.5, 0.6) is 0 Å². The summed E-state index contributed by atoms with van der Waals surface area (Å²) in [5, 5.41) is 18.6. The number of aliphatic hydroxyl groups excluding tert-OH is 1. The van der Waals surface area contributed by atoms with Crippen LogP contribution in [0.15, 0.2) is 59.8 Å². The van der Waals surface area contributed by atoms with E-state index in [1.54, 1.807) is 29.2 Å². The largest absolute Gasteiger partial charge is 0.395 e. The first kappa shape index (κ1) is 25.2. The predicted octanol–water partition coefficient (Wildman–Crippen LogP) is 3.55. The zero-order valence-electron chi connectivity index (χ0n) is 20.3. The Morgan fingerprint density at radius 1 is 1.16 bits per heavy atom. The molecule has 10 nitrogen and oxygen atoms in total. The molecule has 0 saturated carbocycles. The number of aliphatic hydroxyl groups is 1. The number of carbonyl (C=O) groups is 1. The van der Waals surface area contributed by atoms with Crippen LogP contribution in [-0.2, 0) is 4.79 Å². The highest BCUT2D eigenvalue weighted by Gasteiger charge is 2.23. The number of hydrogen-bond donors (Lipinski definition) is 3. The van der Waals surface area contributed by atoms with E-state index in [1.807, 2.05) is 0 Å². The van der Waals surface area contributed by atoms with Gasteiger partial charge >= 0.3 is 0 Å². The summed E-state index contributed by atoms with van der Waals surface area (Å²) >= 11 is 0. The number of benzene rings is 2. The number of nitrogens with zero attached hydrogens (tertiary/aromatic N) is 5. The average Bonchev–Trinajstić information content (AvgIpc) is 3.36. The van der Waals surface area contributed by atoms with Crippen LogP contribution in [0.4, 0.5) is 31.8 Å². The SMILES string of the molecule is C=CC(=O)Nc1cccc(-c2noc3cnc(Nc4ccc(N5CCN(CCO)CC5)c(F)c4F)nc23)c1. The van der Waals surface area contributed by atoms with E-state index in [0.29, 0.717) is 60.8 Å². The van der Waals surface area contributed by atoms with Gasteiger partial charge in [0.1, 0.15) is 11.2 Å². The number of aromatic nitrogens is 3. The predicted molar refractivity (Wildman–Crippen MR) is 139 cm³/mol. The number of anilines is 4. The summed E-state index contributed by atoms with van der Waals surface area (Å²) in [6.07, 6.45) is 2.55. The van der Waals surface area contributed by atoms with Crippen LogP contribution in [-0.4, -0.2) is 70.4 Å². The molecule has 38 heavy (non-hydrogen) atoms. The first-order chi connectivity index (χ1) is 18.5. The molecule has 5 rings (SSSR count). The van der Waals surface area contributed by atoms with Gasteiger partial charge in [0.05, 0.1) is 24.2 Å². The minimum Gasteiger partial charge on any atom is -0.395 e. The fourth-order valence-corrected chi connectivity index (χ4v) is 4.29. The van der Waals surface area contributed by atoms with Gasteiger partial charge in [-0.2, -0.15) is 0 Å². The van der Waals surface area contributed by atoms with Gasteiger partial charge in [0.15, 0.2) is 11.6 Å². The van der Waals surface area contributed by atoms with Crippen LogP contribution in [0.25, 0.3) is 22.4 Å². The molecule has 3 N–H and O–H groups in total. The number of hydrogen-bond acceptors (Lipinski definition) is 9. The number of carbonyl (C=O) groups excluding carboxylic acids is 1. The van der Waals surface area contributed by atoms with Gasteiger partial charge in [-0.3, -0.25) is 9.69 Å². The van der Waals surface area contributed by atoms with E-state index in [4.69, 9.17) is 9.63 Å². The molecule has 1 saturated heterocycles. The van der Waals surface area contributed by atoms with E-state index in [9.17, 15) is 4.79 Å². The molecule has 3 heterocycles. The van der Waals surface area contributed by atoms with Crippen LogP contribution in [0.1, 0.15) is 0 Å². The summed E-state index contributed by atoms with van der Waals surface area (Å²) < 4.78 is 35.4. The molecule has 2 aromatic heterocycles. The van der Waals surface area contributed by atoms with Crippen molar-refractivity contribution in [1.82, 2.24) is 20.0 Å². The van der Waals surface area contributed by atoms with Gasteiger partial charge in [-0.05, 0) is 30.3 Å². The molecule has 12 heteroatoms. The summed E-state index contributed by atoms with van der Waals surface area (Å²) in [6, 6.07) is 9.89. The zero-order valence-corrected chi connectivity index (χ0v) is 20.3. The van der Waals surface area contributed by atoms with E-state index in [-0.39, 0.29) is 29.8 Å². The third-order valence-electron chi connectivity index (χ3n) is 6.24. The Morgan fingerprint density at radius 3 is 2.74 bits per heavy atom. The van der Waals surface area contributed by atoms with Crippen molar-refractivity contribution >= 4 is 40.0 Å². The average molecular weight is 522 g/mol. The van der Waals surface area contributed by atoms with Crippen molar-refractivity contribution in [3.8, 4) is 11.3 Å². The number of rotatable bonds is 8. The minimum atomic E-state index is -1.04. The van der Waals surface area contributed by atoms with Crippen LogP contribution < -0.4 is 15.5 Å². The number of piperazine rings is 1. The molecule has 0 atom stereocenters. The van der Waals surface area contributed by atoms with Crippen molar-refractivity contribution in [2.75, 3.05) is 54.9 Å². The van der Waals surface area contributed by atoms with Crippen LogP contribution >= 0.6 is 0 Å². The highest BCUT2D eigenvalue weighted by molar-refractivity contribution is 5.99. The Kier molecular flexibility index (Phi) is 7.24. The summed E-state index contributed by atoms with van der Waals surface area (Å²) in [6.45, 7) is 6.42. The topological polar surface area (TPSA) is 120 Å². The van der Waals surface area contributed by atoms with Gasteiger partial charge in [-0.1, -0.05) is 23.9 Å². The lowest BCUT2D eigenvalue weighted by Gasteiger charge is -2.36. The molecular formula is C26H25F2N7O3. The molecule has 0 aliphatic carbocycles. The maximum atomic E-state index is 15.0. The van der Waals surface area contributed by atoms with Gasteiger partial charge in [0.2, 0.25) is 17.4 Å². The third kappa shape index (κ3) is 5.17. The number of fused-ring (bicyclic) bond motifs is 1. The Balaban J connectivity index is 1.37. The monoisotopic (exact) mass is 521 g/mol. The van der Waals surface area contributed by atoms with Gasteiger partial charge in [-0.15, -0.1) is 0 Å². The van der Waals surface area contributed by atoms with E-state index < -0.39 is 11.6 Å². The van der Waals surface area contributed by atoms with Gasteiger partial charge < -0.3 is 25.2 Å². The summed E-state index contributed by atoms with van der Waals surface area (Å²) in [5.74, 6) is -2.33. The zero-order chi connectivity index (χ0) is 26.6. The first-order valence-electron chi connectivity index (χ1n) is 12.0. The molecule has 2 aromatic carbocycles. The first-order valence-corrected chi connectivity index (χ1v) is 12.0. The molecule has 0 unspecified atom stereocenters. The fourth-order valence-electron chi connectivity index (χ4n) is 4.29. The third-order valence-corrected chi connectivity index (χ3v) is 6.24. The number of β-amino-alcohol motifs (C(OH)–C–C–N with tert-alkyl or cyclic N) is 1. The van der Waals surface area contributed by atoms with Crippen molar-refractivity contribution in [2.45, 2.75) is 0 Å². The van der Waals surface area contributed by atoms with Crippen molar-refractivity contribution < 1.29 is 23.2 Å². The van der Waals surface area contributed by atoms with Crippen molar-refractivity contribution in [2.24, 2.45) is 0 Å². The molecule has 1 fully saturated rings. The summed E-state index contributed by atoms with van der Waals surface area (Å²) in [4.78, 5) is 24.1. The van der Waals surface area contributed by atoms with Crippen molar-refractivity contribution in [1.29, 1.82) is 0 Å². The smallest absolute Gasteiger partial charge is 0.247 e. The van der Waals surface area contributed by atoms with Crippen molar-refractivity contribution in [3.63, 3.8) is 0 Å². The minimum absolute atomic E-state index is 0.0294. The Hall–Kier alpha value is -4.42. The second kappa shape index (κ2) is 10.9. The molecule has 1 aliphatic rings. The molecule has 4 aromatic rings. The van der Waals surface area contributed by atoms with E-state index in [1.165, 1.54) is 18.3 Å². The van der Waals surface area contributed by atoms with Gasteiger partial charge in [0, 0.05) is 44.0 Å². The Morgan fingerprint density at radius 2 is 1.97 bits per heavy atom. The molecule has 1 amide bonds. The highest BCUT2D eigenvalue weighted by atomic mass is 19.2. The Bertz CT molecular complexity index is 1490. The van der Waals surface area contributed by atoms with Crippen molar-refractivity contribution in [3.05, 3.63) is 66.9 Å². The second-order valence-electron chi connectivity index (χ2n) is 8.65. The molecule has 0 radical (unpaired) electrons. The number of nitrogens with one attached hydrogen (secondary N) is 2. The molecule has 0 bridgehead atoms. The van der Waals surface area contributed by atoms with E-state index in [0.717, 1.165) is 6.08 Å². The molecule has 1 aliphatic heterocycles. The standard InChI is InChI=1S/C26H25F2N7O3/c1-2-21(37)30-17-5-3-4-16(14-17)24-25-20(38-33-24)15-29-26(32-25)31-18-6-7-19(23(28)22(18)27)35-10-8-34(9-11-35)12-13-36/h2-7,14-15,36H,1,8-13H2,(H,30,37)(H,29,31,32). The number of halogens is 2. The molecular weight excluding hydrogens is 496 g/mol. The van der Waals surface area contributed by atoms with Crippen LogP contribution in [0.3, 0.4) is 0 Å². The van der Waals surface area contributed by atoms with E-state index >= 15 is 8.78 Å². The lowest BCUT2D eigenvalue weighted by molar-refractivity contribution is -0.111. The van der Waals surface area contributed by atoms with Gasteiger partial charge in [-0.25, -0.2) is 18.7 Å².